The molecule has 0 radical (unpaired) electrons. The maximum Gasteiger partial charge on any atom is 0.463 e. The predicted octanol–water partition coefficient (Wildman–Crippen LogP) is 6.65. The number of carbonyl (C=O) groups excluding carboxylic acids is 3. The number of aldehydes is 1. The normalized spacial score (nSPS) is 20.0. The summed E-state index contributed by atoms with van der Waals surface area (Å²) in [6, 6.07) is 9.03. The average molecular weight is 670 g/mol. The highest BCUT2D eigenvalue weighted by atomic mass is 35.5. The van der Waals surface area contributed by atoms with Gasteiger partial charge in [0, 0.05) is 41.3 Å². The van der Waals surface area contributed by atoms with Crippen LogP contribution in [0.3, 0.4) is 0 Å². The second kappa shape index (κ2) is 12.1. The third-order valence-corrected chi connectivity index (χ3v) is 8.11. The zero-order valence-corrected chi connectivity index (χ0v) is 23.7. The molecule has 40 heavy (non-hydrogen) atoms. The molecule has 0 spiro atoms. The van der Waals surface area contributed by atoms with Gasteiger partial charge in [-0.2, -0.15) is 22.0 Å². The zero-order chi connectivity index (χ0) is 30.1. The molecule has 0 aliphatic heterocycles. The van der Waals surface area contributed by atoms with E-state index in [0.717, 1.165) is 0 Å². The Kier molecular flexibility index (Phi) is 9.78. The molecule has 1 saturated carbocycles. The van der Waals surface area contributed by atoms with Gasteiger partial charge in [-0.3, -0.25) is 9.59 Å². The van der Waals surface area contributed by atoms with Gasteiger partial charge < -0.3 is 20.7 Å². The van der Waals surface area contributed by atoms with Crippen molar-refractivity contribution in [1.29, 1.82) is 0 Å². The van der Waals surface area contributed by atoms with Crippen molar-refractivity contribution in [3.63, 3.8) is 0 Å². The van der Waals surface area contributed by atoms with E-state index in [1.807, 2.05) is 0 Å². The summed E-state index contributed by atoms with van der Waals surface area (Å²) in [4.78, 5) is 35.8. The topological polar surface area (TPSA) is 87.3 Å². The highest BCUT2D eigenvalue weighted by molar-refractivity contribution is 6.54. The average Bonchev–Trinajstić information content (AvgIpc) is 3.36. The molecule has 1 aliphatic rings. The molecule has 1 fully saturated rings. The quantitative estimate of drug-likeness (QED) is 0.108. The molecule has 16 heteroatoms. The molecule has 6 nitrogen and oxygen atoms in total. The Morgan fingerprint density at radius 2 is 1.52 bits per heavy atom. The van der Waals surface area contributed by atoms with E-state index in [2.05, 4.69) is 10.6 Å². The van der Waals surface area contributed by atoms with Crippen molar-refractivity contribution < 1.29 is 36.3 Å². The molecule has 2 amide bonds. The lowest BCUT2D eigenvalue weighted by Crippen LogP contribution is -2.50. The molecule has 3 N–H and O–H groups in total. The van der Waals surface area contributed by atoms with Gasteiger partial charge in [0.1, 0.15) is 10.6 Å². The van der Waals surface area contributed by atoms with Crippen molar-refractivity contribution in [3.8, 4) is 0 Å². The van der Waals surface area contributed by atoms with Gasteiger partial charge in [-0.05, 0) is 48.4 Å². The molecular formula is C24H19Cl5F5N3O3. The number of nitrogens with one attached hydrogen (secondary N) is 3. The smallest absolute Gasteiger partial charge is 0.384 e. The van der Waals surface area contributed by atoms with E-state index < -0.39 is 46.1 Å². The fraction of sp³-hybridized carbons (Fsp3) is 0.375. The molecule has 3 rings (SSSR count). The molecule has 0 bridgehead atoms. The Morgan fingerprint density at radius 1 is 0.925 bits per heavy atom. The molecule has 0 heterocycles. The van der Waals surface area contributed by atoms with Crippen LogP contribution in [0.2, 0.25) is 15.1 Å². The molecule has 2 aromatic rings. The third-order valence-electron chi connectivity index (χ3n) is 6.21. The van der Waals surface area contributed by atoms with Gasteiger partial charge in [0.15, 0.2) is 0 Å². The van der Waals surface area contributed by atoms with Gasteiger partial charge in [0.2, 0.25) is 0 Å². The van der Waals surface area contributed by atoms with E-state index in [1.54, 1.807) is 12.1 Å². The van der Waals surface area contributed by atoms with E-state index in [-0.39, 0.29) is 30.1 Å². The van der Waals surface area contributed by atoms with E-state index in [9.17, 15) is 36.3 Å². The van der Waals surface area contributed by atoms with Crippen molar-refractivity contribution in [2.75, 3.05) is 25.0 Å². The number of amides is 2. The summed E-state index contributed by atoms with van der Waals surface area (Å²) in [6.45, 7) is -0.765. The summed E-state index contributed by atoms with van der Waals surface area (Å²) >= 11 is 31.2. The second-order valence-corrected chi connectivity index (χ2v) is 11.6. The van der Waals surface area contributed by atoms with Crippen LogP contribution >= 0.6 is 58.0 Å². The van der Waals surface area contributed by atoms with Gasteiger partial charge in [-0.25, -0.2) is 0 Å². The summed E-state index contributed by atoms with van der Waals surface area (Å²) in [5.41, 5.74) is -0.335. The predicted molar refractivity (Wildman–Crippen MR) is 143 cm³/mol. The molecule has 2 aromatic carbocycles. The molecule has 2 unspecified atom stereocenters. The van der Waals surface area contributed by atoms with Crippen LogP contribution in [0.25, 0.3) is 0 Å². The van der Waals surface area contributed by atoms with Crippen molar-refractivity contribution in [2.45, 2.75) is 28.8 Å². The van der Waals surface area contributed by atoms with Crippen molar-refractivity contribution in [3.05, 3.63) is 62.6 Å². The first-order valence-corrected chi connectivity index (χ1v) is 13.2. The number of alkyl halides is 7. The van der Waals surface area contributed by atoms with Gasteiger partial charge in [0.25, 0.3) is 11.8 Å². The van der Waals surface area contributed by atoms with Crippen LogP contribution in [0.4, 0.5) is 27.6 Å². The van der Waals surface area contributed by atoms with Crippen molar-refractivity contribution >= 4 is 81.8 Å². The minimum atomic E-state index is -6.02. The van der Waals surface area contributed by atoms with Gasteiger partial charge in [-0.15, -0.1) is 0 Å². The molecule has 0 saturated heterocycles. The zero-order valence-electron chi connectivity index (χ0n) is 20.0. The number of halogens is 10. The highest BCUT2D eigenvalue weighted by Gasteiger charge is 2.76. The SMILES string of the molecule is O=CC1(CNc2ccc(Cl)c(C(=O)NCCCNC(=O)C(F)(F)C(F)(F)F)c2)C(c2cc(Cl)cc(Cl)c2)C1(Cl)Cl. The third kappa shape index (κ3) is 6.54. The molecule has 1 aliphatic carbocycles. The van der Waals surface area contributed by atoms with Crippen molar-refractivity contribution in [2.24, 2.45) is 5.41 Å². The van der Waals surface area contributed by atoms with E-state index in [4.69, 9.17) is 58.0 Å². The largest absolute Gasteiger partial charge is 0.463 e. The highest BCUT2D eigenvalue weighted by Crippen LogP contribution is 2.73. The second-order valence-electron chi connectivity index (χ2n) is 8.90. The van der Waals surface area contributed by atoms with Crippen LogP contribution in [0.1, 0.15) is 28.3 Å². The van der Waals surface area contributed by atoms with E-state index >= 15 is 0 Å². The number of hydrogen-bond acceptors (Lipinski definition) is 4. The number of anilines is 1. The van der Waals surface area contributed by atoms with Crippen LogP contribution in [0.15, 0.2) is 36.4 Å². The first-order valence-electron chi connectivity index (χ1n) is 11.3. The Balaban J connectivity index is 1.59. The number of hydrogen-bond donors (Lipinski definition) is 3. The summed E-state index contributed by atoms with van der Waals surface area (Å²) in [5, 5.41) is 7.62. The minimum absolute atomic E-state index is 0.00330. The lowest BCUT2D eigenvalue weighted by molar-refractivity contribution is -0.269. The Bertz CT molecular complexity index is 1290. The van der Waals surface area contributed by atoms with Crippen molar-refractivity contribution in [1.82, 2.24) is 10.6 Å². The maximum atomic E-state index is 12.9. The van der Waals surface area contributed by atoms with Gasteiger partial charge in [0.05, 0.1) is 16.0 Å². The lowest BCUT2D eigenvalue weighted by Gasteiger charge is -2.18. The number of rotatable bonds is 11. The summed E-state index contributed by atoms with van der Waals surface area (Å²) < 4.78 is 61.0. The van der Waals surface area contributed by atoms with Crippen LogP contribution in [0, 0.1) is 5.41 Å². The molecular weight excluding hydrogens is 651 g/mol. The minimum Gasteiger partial charge on any atom is -0.384 e. The molecule has 218 valence electrons. The van der Waals surface area contributed by atoms with Crippen LogP contribution in [0.5, 0.6) is 0 Å². The molecule has 0 aromatic heterocycles. The fourth-order valence-corrected chi connectivity index (χ4v) is 5.74. The number of benzene rings is 2. The standard InChI is InChI=1S/C24H19Cl5F5N3O3/c25-13-6-12(7-14(26)8-13)18-21(11-38,22(18,28)29)10-37-15-2-3-17(27)16(9-15)19(39)35-4-1-5-36-20(40)23(30,31)24(32,33)34/h2-3,6-9,11,18,37H,1,4-5,10H2,(H,35,39)(H,36,40). The fourth-order valence-electron chi connectivity index (χ4n) is 4.02. The summed E-state index contributed by atoms with van der Waals surface area (Å²) in [6.07, 6.45) is -5.54. The summed E-state index contributed by atoms with van der Waals surface area (Å²) in [5.74, 6) is -9.35. The first-order chi connectivity index (χ1) is 18.5. The Hall–Kier alpha value is -2.05. The van der Waals surface area contributed by atoms with Crippen LogP contribution in [-0.4, -0.2) is 54.2 Å². The Morgan fingerprint density at radius 3 is 2.10 bits per heavy atom. The number of carbonyl (C=O) groups is 3. The first kappa shape index (κ1) is 32.5. The van der Waals surface area contributed by atoms with Gasteiger partial charge in [-0.1, -0.05) is 58.0 Å². The van der Waals surface area contributed by atoms with Crippen LogP contribution in [-0.2, 0) is 9.59 Å². The van der Waals surface area contributed by atoms with Crippen LogP contribution < -0.4 is 16.0 Å². The molecule has 2 atom stereocenters. The maximum absolute atomic E-state index is 12.9. The lowest BCUT2D eigenvalue weighted by atomic mass is 10.00. The monoisotopic (exact) mass is 667 g/mol. The van der Waals surface area contributed by atoms with Gasteiger partial charge >= 0.3 is 12.1 Å². The summed E-state index contributed by atoms with van der Waals surface area (Å²) in [7, 11) is 0. The van der Waals surface area contributed by atoms with E-state index in [1.165, 1.54) is 29.6 Å². The Labute approximate surface area is 249 Å². The van der Waals surface area contributed by atoms with E-state index in [0.29, 0.717) is 27.6 Å².